The van der Waals surface area contributed by atoms with Gasteiger partial charge in [0.05, 0.1) is 11.0 Å². The molecule has 0 aromatic heterocycles. The van der Waals surface area contributed by atoms with Crippen LogP contribution >= 0.6 is 15.9 Å². The molecule has 1 saturated heterocycles. The number of rotatable bonds is 3. The quantitative estimate of drug-likeness (QED) is 0.857. The van der Waals surface area contributed by atoms with Crippen LogP contribution in [-0.4, -0.2) is 37.0 Å². The van der Waals surface area contributed by atoms with Crippen molar-refractivity contribution in [3.8, 4) is 0 Å². The van der Waals surface area contributed by atoms with Gasteiger partial charge in [-0.15, -0.1) is 0 Å². The number of sulfonamides is 1. The molecule has 1 aromatic rings. The molecule has 0 radical (unpaired) electrons. The van der Waals surface area contributed by atoms with E-state index in [1.54, 1.807) is 24.3 Å². The van der Waals surface area contributed by atoms with Crippen molar-refractivity contribution in [3.05, 3.63) is 29.8 Å². The second kappa shape index (κ2) is 5.69. The van der Waals surface area contributed by atoms with Crippen LogP contribution in [0.25, 0.3) is 0 Å². The van der Waals surface area contributed by atoms with Gasteiger partial charge in [-0.25, -0.2) is 8.42 Å². The number of β-amino-alcohol motifs (C(OH)–C–C–N with tert-alkyl or cyclic N) is 1. The Labute approximate surface area is 116 Å². The van der Waals surface area contributed by atoms with Crippen molar-refractivity contribution in [1.82, 2.24) is 4.31 Å². The van der Waals surface area contributed by atoms with Gasteiger partial charge in [0.15, 0.2) is 0 Å². The zero-order chi connectivity index (χ0) is 13.2. The lowest BCUT2D eigenvalue weighted by atomic mass is 10.1. The Bertz CT molecular complexity index is 501. The molecule has 1 aliphatic heterocycles. The van der Waals surface area contributed by atoms with Gasteiger partial charge in [-0.3, -0.25) is 0 Å². The summed E-state index contributed by atoms with van der Waals surface area (Å²) in [5, 5.41) is 10.3. The Hall–Kier alpha value is -0.430. The minimum Gasteiger partial charge on any atom is -0.392 e. The van der Waals surface area contributed by atoms with Gasteiger partial charge in [0.2, 0.25) is 10.0 Å². The molecule has 0 unspecified atom stereocenters. The van der Waals surface area contributed by atoms with Crippen LogP contribution in [0.15, 0.2) is 29.2 Å². The van der Waals surface area contributed by atoms with Crippen LogP contribution in [0.4, 0.5) is 0 Å². The highest BCUT2D eigenvalue weighted by molar-refractivity contribution is 9.08. The predicted octanol–water partition coefficient (Wildman–Crippen LogP) is 1.73. The monoisotopic (exact) mass is 333 g/mol. The largest absolute Gasteiger partial charge is 0.392 e. The molecule has 1 aromatic carbocycles. The maximum Gasteiger partial charge on any atom is 0.243 e. The molecule has 0 amide bonds. The smallest absolute Gasteiger partial charge is 0.243 e. The molecular formula is C12H16BrNO3S. The van der Waals surface area contributed by atoms with Gasteiger partial charge in [0, 0.05) is 18.4 Å². The van der Waals surface area contributed by atoms with Crippen molar-refractivity contribution < 1.29 is 13.5 Å². The van der Waals surface area contributed by atoms with E-state index in [1.807, 2.05) is 0 Å². The predicted molar refractivity (Wildman–Crippen MR) is 73.1 cm³/mol. The van der Waals surface area contributed by atoms with E-state index in [0.717, 1.165) is 5.56 Å². The molecule has 6 heteroatoms. The van der Waals surface area contributed by atoms with E-state index in [1.165, 1.54) is 4.31 Å². The highest BCUT2D eigenvalue weighted by Gasteiger charge is 2.29. The Balaban J connectivity index is 2.23. The van der Waals surface area contributed by atoms with Crippen LogP contribution in [0.5, 0.6) is 0 Å². The van der Waals surface area contributed by atoms with Gasteiger partial charge in [-0.1, -0.05) is 28.1 Å². The zero-order valence-corrected chi connectivity index (χ0v) is 12.3. The fourth-order valence-electron chi connectivity index (χ4n) is 2.04. The van der Waals surface area contributed by atoms with Gasteiger partial charge in [-0.2, -0.15) is 4.31 Å². The normalized spacial score (nSPS) is 22.0. The first-order chi connectivity index (χ1) is 8.54. The summed E-state index contributed by atoms with van der Waals surface area (Å²) in [6, 6.07) is 6.82. The summed E-state index contributed by atoms with van der Waals surface area (Å²) in [5.74, 6) is 0. The molecule has 100 valence electrons. The number of aliphatic hydroxyl groups excluding tert-OH is 1. The van der Waals surface area contributed by atoms with Gasteiger partial charge < -0.3 is 5.11 Å². The summed E-state index contributed by atoms with van der Waals surface area (Å²) in [6.45, 7) is 0.683. The molecule has 2 rings (SSSR count). The van der Waals surface area contributed by atoms with Crippen LogP contribution in [0, 0.1) is 0 Å². The van der Waals surface area contributed by atoms with Crippen molar-refractivity contribution in [3.63, 3.8) is 0 Å². The lowest BCUT2D eigenvalue weighted by Crippen LogP contribution is -2.42. The van der Waals surface area contributed by atoms with Gasteiger partial charge >= 0.3 is 0 Å². The van der Waals surface area contributed by atoms with Gasteiger partial charge in [0.25, 0.3) is 0 Å². The summed E-state index contributed by atoms with van der Waals surface area (Å²) >= 11 is 3.32. The first kappa shape index (κ1) is 14.0. The van der Waals surface area contributed by atoms with E-state index in [4.69, 9.17) is 0 Å². The number of nitrogens with zero attached hydrogens (tertiary/aromatic N) is 1. The highest BCUT2D eigenvalue weighted by atomic mass is 79.9. The number of hydrogen-bond acceptors (Lipinski definition) is 3. The first-order valence-corrected chi connectivity index (χ1v) is 8.43. The average molecular weight is 334 g/mol. The van der Waals surface area contributed by atoms with Crippen molar-refractivity contribution in [1.29, 1.82) is 0 Å². The fourth-order valence-corrected chi connectivity index (χ4v) is 3.93. The van der Waals surface area contributed by atoms with Crippen molar-refractivity contribution in [2.24, 2.45) is 0 Å². The lowest BCUT2D eigenvalue weighted by Gasteiger charge is -2.29. The molecule has 1 aliphatic rings. The van der Waals surface area contributed by atoms with E-state index >= 15 is 0 Å². The Morgan fingerprint density at radius 3 is 2.56 bits per heavy atom. The maximum atomic E-state index is 12.3. The van der Waals surface area contributed by atoms with Crippen LogP contribution < -0.4 is 0 Å². The van der Waals surface area contributed by atoms with Crippen LogP contribution in [0.3, 0.4) is 0 Å². The van der Waals surface area contributed by atoms with E-state index in [0.29, 0.717) is 29.6 Å². The maximum absolute atomic E-state index is 12.3. The second-order valence-corrected chi connectivity index (χ2v) is 6.94. The van der Waals surface area contributed by atoms with Crippen LogP contribution in [0.2, 0.25) is 0 Å². The van der Waals surface area contributed by atoms with Gasteiger partial charge in [0.1, 0.15) is 0 Å². The average Bonchev–Trinajstić information content (AvgIpc) is 2.39. The minimum atomic E-state index is -3.46. The number of hydrogen-bond donors (Lipinski definition) is 1. The molecule has 1 heterocycles. The van der Waals surface area contributed by atoms with Crippen molar-refractivity contribution >= 4 is 26.0 Å². The second-order valence-electron chi connectivity index (χ2n) is 4.44. The summed E-state index contributed by atoms with van der Waals surface area (Å²) < 4.78 is 26.0. The molecule has 0 saturated carbocycles. The van der Waals surface area contributed by atoms with Gasteiger partial charge in [-0.05, 0) is 30.5 Å². The van der Waals surface area contributed by atoms with Crippen LogP contribution in [-0.2, 0) is 15.4 Å². The zero-order valence-electron chi connectivity index (χ0n) is 9.92. The number of benzene rings is 1. The molecule has 1 N–H and O–H groups in total. The minimum absolute atomic E-state index is 0.197. The fraction of sp³-hybridized carbons (Fsp3) is 0.500. The molecule has 4 nitrogen and oxygen atoms in total. The summed E-state index contributed by atoms with van der Waals surface area (Å²) in [6.07, 6.45) is 0.837. The number of alkyl halides is 1. The summed E-state index contributed by atoms with van der Waals surface area (Å²) in [5.41, 5.74) is 1.03. The van der Waals surface area contributed by atoms with E-state index in [2.05, 4.69) is 15.9 Å². The molecule has 1 fully saturated rings. The third-order valence-electron chi connectivity index (χ3n) is 3.07. The third kappa shape index (κ3) is 2.93. The van der Waals surface area contributed by atoms with E-state index in [-0.39, 0.29) is 6.54 Å². The topological polar surface area (TPSA) is 57.6 Å². The Kier molecular flexibility index (Phi) is 4.42. The standard InChI is InChI=1S/C12H16BrNO3S/c13-8-10-3-5-12(6-4-10)18(16,17)14-7-1-2-11(15)9-14/h3-6,11,15H,1-2,7-9H2/t11-/m1/s1. The highest BCUT2D eigenvalue weighted by Crippen LogP contribution is 2.21. The number of piperidine rings is 1. The lowest BCUT2D eigenvalue weighted by molar-refractivity contribution is 0.108. The van der Waals surface area contributed by atoms with Crippen LogP contribution in [0.1, 0.15) is 18.4 Å². The molecule has 1 atom stereocenters. The third-order valence-corrected chi connectivity index (χ3v) is 5.60. The SMILES string of the molecule is O=S(=O)(c1ccc(CBr)cc1)N1CCC[C@@H](O)C1. The molecule has 0 spiro atoms. The van der Waals surface area contributed by atoms with Crippen molar-refractivity contribution in [2.45, 2.75) is 29.2 Å². The molecule has 18 heavy (non-hydrogen) atoms. The number of aliphatic hydroxyl groups is 1. The summed E-state index contributed by atoms with van der Waals surface area (Å²) in [4.78, 5) is 0.293. The van der Waals surface area contributed by atoms with E-state index in [9.17, 15) is 13.5 Å². The Morgan fingerprint density at radius 1 is 1.33 bits per heavy atom. The molecular weight excluding hydrogens is 318 g/mol. The number of halogens is 1. The van der Waals surface area contributed by atoms with Crippen molar-refractivity contribution in [2.75, 3.05) is 13.1 Å². The summed E-state index contributed by atoms with van der Waals surface area (Å²) in [7, 11) is -3.46. The Morgan fingerprint density at radius 2 is 2.00 bits per heavy atom. The molecule has 0 bridgehead atoms. The first-order valence-electron chi connectivity index (χ1n) is 5.87. The molecule has 0 aliphatic carbocycles. The van der Waals surface area contributed by atoms with E-state index < -0.39 is 16.1 Å².